The van der Waals surface area contributed by atoms with E-state index in [0.29, 0.717) is 0 Å². The van der Waals surface area contributed by atoms with Gasteiger partial charge in [0.15, 0.2) is 11.5 Å². The molecule has 1 aliphatic carbocycles. The summed E-state index contributed by atoms with van der Waals surface area (Å²) in [6.45, 7) is 0. The normalized spacial score (nSPS) is 15.3. The van der Waals surface area contributed by atoms with Gasteiger partial charge in [-0.25, -0.2) is 0 Å². The van der Waals surface area contributed by atoms with Gasteiger partial charge in [-0.3, -0.25) is 4.79 Å². The van der Waals surface area contributed by atoms with Crippen molar-refractivity contribution < 1.29 is 19.0 Å². The number of esters is 1. The minimum Gasteiger partial charge on any atom is -0.493 e. The molecule has 0 heterocycles. The first kappa shape index (κ1) is 15.4. The van der Waals surface area contributed by atoms with Crippen LogP contribution in [0.15, 0.2) is 24.3 Å². The first-order valence-electron chi connectivity index (χ1n) is 7.31. The summed E-state index contributed by atoms with van der Waals surface area (Å²) in [6.07, 6.45) is 8.88. The molecule has 114 valence electrons. The molecule has 0 unspecified atom stereocenters. The van der Waals surface area contributed by atoms with Crippen LogP contribution in [0.25, 0.3) is 6.08 Å². The molecule has 0 atom stereocenters. The lowest BCUT2D eigenvalue weighted by atomic mass is 10.1. The minimum absolute atomic E-state index is 0.248. The highest BCUT2D eigenvalue weighted by Crippen LogP contribution is 2.32. The van der Waals surface area contributed by atoms with E-state index in [0.717, 1.165) is 29.9 Å². The average Bonchev–Trinajstić information content (AvgIpc) is 3.00. The van der Waals surface area contributed by atoms with E-state index in [9.17, 15) is 4.79 Å². The van der Waals surface area contributed by atoms with Gasteiger partial charge in [-0.2, -0.15) is 0 Å². The molecule has 0 aromatic heterocycles. The van der Waals surface area contributed by atoms with Gasteiger partial charge in [-0.15, -0.1) is 0 Å². The molecule has 0 aliphatic heterocycles. The number of carbonyl (C=O) groups is 1. The third-order valence-electron chi connectivity index (χ3n) is 3.61. The highest BCUT2D eigenvalue weighted by atomic mass is 16.5. The van der Waals surface area contributed by atoms with Crippen LogP contribution in [0, 0.1) is 0 Å². The van der Waals surface area contributed by atoms with Crippen molar-refractivity contribution in [3.8, 4) is 11.5 Å². The van der Waals surface area contributed by atoms with Crippen LogP contribution in [0.5, 0.6) is 11.5 Å². The van der Waals surface area contributed by atoms with Gasteiger partial charge < -0.3 is 14.2 Å². The second-order valence-electron chi connectivity index (χ2n) is 5.12. The summed E-state index contributed by atoms with van der Waals surface area (Å²) < 4.78 is 16.0. The fourth-order valence-corrected chi connectivity index (χ4v) is 2.45. The maximum absolute atomic E-state index is 11.1. The van der Waals surface area contributed by atoms with Crippen LogP contribution in [0.3, 0.4) is 0 Å². The molecule has 0 spiro atoms. The van der Waals surface area contributed by atoms with Crippen molar-refractivity contribution in [3.05, 3.63) is 29.8 Å². The molecule has 0 saturated heterocycles. The maximum Gasteiger partial charge on any atom is 0.309 e. The Balaban J connectivity index is 2.07. The molecule has 4 nitrogen and oxygen atoms in total. The molecular formula is C17H22O4. The number of benzene rings is 1. The topological polar surface area (TPSA) is 44.8 Å². The van der Waals surface area contributed by atoms with E-state index in [4.69, 9.17) is 9.47 Å². The number of carbonyl (C=O) groups excluding carboxylic acids is 1. The third-order valence-corrected chi connectivity index (χ3v) is 3.61. The van der Waals surface area contributed by atoms with Crippen molar-refractivity contribution in [2.75, 3.05) is 14.2 Å². The lowest BCUT2D eigenvalue weighted by molar-refractivity contribution is -0.139. The second kappa shape index (κ2) is 7.72. The largest absolute Gasteiger partial charge is 0.493 e. The predicted octanol–water partition coefficient (Wildman–Crippen LogP) is 3.59. The lowest BCUT2D eigenvalue weighted by Gasteiger charge is -2.16. The summed E-state index contributed by atoms with van der Waals surface area (Å²) in [7, 11) is 3.03. The second-order valence-corrected chi connectivity index (χ2v) is 5.12. The number of hydrogen-bond donors (Lipinski definition) is 0. The van der Waals surface area contributed by atoms with E-state index >= 15 is 0 Å². The van der Waals surface area contributed by atoms with E-state index in [-0.39, 0.29) is 18.5 Å². The smallest absolute Gasteiger partial charge is 0.309 e. The Kier molecular flexibility index (Phi) is 5.67. The molecule has 21 heavy (non-hydrogen) atoms. The van der Waals surface area contributed by atoms with E-state index in [2.05, 4.69) is 4.74 Å². The molecule has 2 rings (SSSR count). The van der Waals surface area contributed by atoms with Crippen LogP contribution in [-0.2, 0) is 9.53 Å². The van der Waals surface area contributed by atoms with Crippen molar-refractivity contribution in [2.24, 2.45) is 0 Å². The van der Waals surface area contributed by atoms with Gasteiger partial charge in [0.25, 0.3) is 0 Å². The van der Waals surface area contributed by atoms with Gasteiger partial charge in [0.05, 0.1) is 26.7 Å². The molecule has 0 N–H and O–H groups in total. The first-order chi connectivity index (χ1) is 10.2. The van der Waals surface area contributed by atoms with Gasteiger partial charge >= 0.3 is 5.97 Å². The molecule has 1 saturated carbocycles. The number of methoxy groups -OCH3 is 2. The van der Waals surface area contributed by atoms with Gasteiger partial charge in [0.1, 0.15) is 0 Å². The zero-order valence-electron chi connectivity index (χ0n) is 12.6. The summed E-state index contributed by atoms with van der Waals surface area (Å²) in [5.41, 5.74) is 0.979. The summed E-state index contributed by atoms with van der Waals surface area (Å²) >= 11 is 0. The Morgan fingerprint density at radius 2 is 2.00 bits per heavy atom. The summed E-state index contributed by atoms with van der Waals surface area (Å²) in [4.78, 5) is 11.1. The van der Waals surface area contributed by atoms with Gasteiger partial charge in [-0.05, 0) is 43.4 Å². The summed E-state index contributed by atoms with van der Waals surface area (Å²) in [6, 6.07) is 5.78. The van der Waals surface area contributed by atoms with Crippen molar-refractivity contribution in [1.82, 2.24) is 0 Å². The third kappa shape index (κ3) is 4.52. The van der Waals surface area contributed by atoms with Gasteiger partial charge in [0.2, 0.25) is 0 Å². The van der Waals surface area contributed by atoms with Crippen LogP contribution >= 0.6 is 0 Å². The average molecular weight is 290 g/mol. The number of hydrogen-bond acceptors (Lipinski definition) is 4. The van der Waals surface area contributed by atoms with Crippen molar-refractivity contribution >= 4 is 12.0 Å². The van der Waals surface area contributed by atoms with Crippen LogP contribution in [0.2, 0.25) is 0 Å². The van der Waals surface area contributed by atoms with E-state index < -0.39 is 0 Å². The van der Waals surface area contributed by atoms with Crippen LogP contribution in [0.1, 0.15) is 37.7 Å². The molecule has 4 heteroatoms. The van der Waals surface area contributed by atoms with Crippen LogP contribution in [-0.4, -0.2) is 26.3 Å². The maximum atomic E-state index is 11.1. The predicted molar refractivity (Wildman–Crippen MR) is 81.5 cm³/mol. The highest BCUT2D eigenvalue weighted by molar-refractivity contribution is 5.72. The zero-order valence-corrected chi connectivity index (χ0v) is 12.6. The first-order valence-corrected chi connectivity index (χ1v) is 7.31. The van der Waals surface area contributed by atoms with E-state index in [1.165, 1.54) is 20.0 Å². The Morgan fingerprint density at radius 1 is 1.24 bits per heavy atom. The highest BCUT2D eigenvalue weighted by Gasteiger charge is 2.18. The molecule has 1 aliphatic rings. The SMILES string of the molecule is COC(=O)C/C=C/c1ccc(OC)c(OC2CCCC2)c1. The fraction of sp³-hybridized carbons (Fsp3) is 0.471. The molecule has 0 amide bonds. The zero-order chi connectivity index (χ0) is 15.1. The molecule has 0 bridgehead atoms. The Labute approximate surface area is 125 Å². The monoisotopic (exact) mass is 290 g/mol. The quantitative estimate of drug-likeness (QED) is 0.751. The van der Waals surface area contributed by atoms with Crippen molar-refractivity contribution in [2.45, 2.75) is 38.2 Å². The Bertz CT molecular complexity index is 502. The van der Waals surface area contributed by atoms with E-state index in [1.807, 2.05) is 24.3 Å². The number of rotatable bonds is 6. The fourth-order valence-electron chi connectivity index (χ4n) is 2.45. The molecule has 1 fully saturated rings. The molecule has 1 aromatic carbocycles. The minimum atomic E-state index is -0.248. The van der Waals surface area contributed by atoms with Gasteiger partial charge in [0, 0.05) is 0 Å². The van der Waals surface area contributed by atoms with Crippen molar-refractivity contribution in [3.63, 3.8) is 0 Å². The molecule has 0 radical (unpaired) electrons. The summed E-state index contributed by atoms with van der Waals surface area (Å²) in [5.74, 6) is 1.26. The van der Waals surface area contributed by atoms with Gasteiger partial charge in [-0.1, -0.05) is 18.2 Å². The standard InChI is InChI=1S/C17H22O4/c1-19-15-11-10-13(6-5-9-17(18)20-2)12-16(15)21-14-7-3-4-8-14/h5-6,10-12,14H,3-4,7-9H2,1-2H3/b6-5+. The van der Waals surface area contributed by atoms with Crippen LogP contribution < -0.4 is 9.47 Å². The Morgan fingerprint density at radius 3 is 2.67 bits per heavy atom. The van der Waals surface area contributed by atoms with Crippen molar-refractivity contribution in [1.29, 1.82) is 0 Å². The lowest BCUT2D eigenvalue weighted by Crippen LogP contribution is -2.11. The number of ether oxygens (including phenoxy) is 3. The molecular weight excluding hydrogens is 268 g/mol. The summed E-state index contributed by atoms with van der Waals surface area (Å²) in [5, 5.41) is 0. The van der Waals surface area contributed by atoms with E-state index in [1.54, 1.807) is 13.2 Å². The Hall–Kier alpha value is -1.97. The van der Waals surface area contributed by atoms with Crippen LogP contribution in [0.4, 0.5) is 0 Å². The molecule has 1 aromatic rings.